The standard InChI is InChI=1S/C12H13IN2O/c1-9(16)11-6-14-15(8-11)7-10-2-4-12(13)5-3-10/h2-6,8-9,16H,7H2,1H3. The predicted molar refractivity (Wildman–Crippen MR) is 71.1 cm³/mol. The second kappa shape index (κ2) is 4.97. The Morgan fingerprint density at radius 3 is 2.62 bits per heavy atom. The molecule has 0 aliphatic heterocycles. The van der Waals surface area contributed by atoms with Crippen molar-refractivity contribution in [1.82, 2.24) is 9.78 Å². The molecular formula is C12H13IN2O. The highest BCUT2D eigenvalue weighted by atomic mass is 127. The Labute approximate surface area is 108 Å². The van der Waals surface area contributed by atoms with Crippen LogP contribution in [0.5, 0.6) is 0 Å². The molecule has 3 nitrogen and oxygen atoms in total. The second-order valence-electron chi connectivity index (χ2n) is 3.77. The van der Waals surface area contributed by atoms with Gasteiger partial charge >= 0.3 is 0 Å². The maximum absolute atomic E-state index is 9.39. The molecule has 0 spiro atoms. The van der Waals surface area contributed by atoms with E-state index in [1.807, 2.05) is 10.9 Å². The van der Waals surface area contributed by atoms with Crippen molar-refractivity contribution in [3.63, 3.8) is 0 Å². The van der Waals surface area contributed by atoms with Gasteiger partial charge in [0.1, 0.15) is 0 Å². The molecule has 1 aromatic carbocycles. The van der Waals surface area contributed by atoms with Crippen molar-refractivity contribution < 1.29 is 5.11 Å². The van der Waals surface area contributed by atoms with Gasteiger partial charge in [0.15, 0.2) is 0 Å². The van der Waals surface area contributed by atoms with Crippen molar-refractivity contribution in [1.29, 1.82) is 0 Å². The van der Waals surface area contributed by atoms with Gasteiger partial charge in [0.2, 0.25) is 0 Å². The minimum Gasteiger partial charge on any atom is -0.389 e. The van der Waals surface area contributed by atoms with E-state index >= 15 is 0 Å². The van der Waals surface area contributed by atoms with Gasteiger partial charge in [-0.15, -0.1) is 0 Å². The molecule has 0 fully saturated rings. The Morgan fingerprint density at radius 1 is 1.38 bits per heavy atom. The van der Waals surface area contributed by atoms with E-state index in [2.05, 4.69) is 52.0 Å². The summed E-state index contributed by atoms with van der Waals surface area (Å²) in [6.45, 7) is 2.48. The van der Waals surface area contributed by atoms with E-state index in [1.165, 1.54) is 9.13 Å². The van der Waals surface area contributed by atoms with Gasteiger partial charge in [-0.25, -0.2) is 0 Å². The first-order valence-electron chi connectivity index (χ1n) is 5.10. The average molecular weight is 328 g/mol. The summed E-state index contributed by atoms with van der Waals surface area (Å²) in [5.41, 5.74) is 2.06. The summed E-state index contributed by atoms with van der Waals surface area (Å²) in [4.78, 5) is 0. The van der Waals surface area contributed by atoms with Gasteiger partial charge in [-0.1, -0.05) is 12.1 Å². The zero-order valence-corrected chi connectivity index (χ0v) is 11.1. The largest absolute Gasteiger partial charge is 0.389 e. The molecule has 0 saturated heterocycles. The molecule has 16 heavy (non-hydrogen) atoms. The molecule has 1 unspecified atom stereocenters. The highest BCUT2D eigenvalue weighted by Crippen LogP contribution is 2.12. The number of aliphatic hydroxyl groups is 1. The molecule has 1 heterocycles. The van der Waals surface area contributed by atoms with Crippen LogP contribution in [0.3, 0.4) is 0 Å². The van der Waals surface area contributed by atoms with Crippen LogP contribution in [0.1, 0.15) is 24.2 Å². The van der Waals surface area contributed by atoms with Gasteiger partial charge in [-0.2, -0.15) is 5.10 Å². The summed E-state index contributed by atoms with van der Waals surface area (Å²) >= 11 is 2.28. The topological polar surface area (TPSA) is 38.1 Å². The van der Waals surface area contributed by atoms with E-state index in [0.717, 1.165) is 12.1 Å². The molecule has 84 valence electrons. The van der Waals surface area contributed by atoms with Gasteiger partial charge in [-0.05, 0) is 47.2 Å². The molecule has 1 N–H and O–H groups in total. The Bertz CT molecular complexity index is 462. The summed E-state index contributed by atoms with van der Waals surface area (Å²) in [5, 5.41) is 13.6. The van der Waals surface area contributed by atoms with E-state index in [4.69, 9.17) is 0 Å². The Morgan fingerprint density at radius 2 is 2.06 bits per heavy atom. The maximum Gasteiger partial charge on any atom is 0.0792 e. The predicted octanol–water partition coefficient (Wildman–Crippen LogP) is 2.59. The van der Waals surface area contributed by atoms with Crippen molar-refractivity contribution in [2.75, 3.05) is 0 Å². The molecule has 1 atom stereocenters. The molecule has 0 amide bonds. The summed E-state index contributed by atoms with van der Waals surface area (Å²) < 4.78 is 3.07. The fourth-order valence-corrected chi connectivity index (χ4v) is 1.82. The second-order valence-corrected chi connectivity index (χ2v) is 5.02. The van der Waals surface area contributed by atoms with Gasteiger partial charge in [0, 0.05) is 15.3 Å². The van der Waals surface area contributed by atoms with Crippen molar-refractivity contribution in [3.05, 3.63) is 51.4 Å². The van der Waals surface area contributed by atoms with Crippen LogP contribution < -0.4 is 0 Å². The van der Waals surface area contributed by atoms with Gasteiger partial charge < -0.3 is 5.11 Å². The number of aromatic nitrogens is 2. The lowest BCUT2D eigenvalue weighted by molar-refractivity contribution is 0.199. The highest BCUT2D eigenvalue weighted by molar-refractivity contribution is 14.1. The number of nitrogens with zero attached hydrogens (tertiary/aromatic N) is 2. The number of rotatable bonds is 3. The zero-order valence-electron chi connectivity index (χ0n) is 8.97. The molecule has 0 saturated carbocycles. The van der Waals surface area contributed by atoms with Crippen LogP contribution in [0, 0.1) is 3.57 Å². The van der Waals surface area contributed by atoms with Crippen LogP contribution in [-0.4, -0.2) is 14.9 Å². The number of aliphatic hydroxyl groups excluding tert-OH is 1. The number of benzene rings is 1. The molecular weight excluding hydrogens is 315 g/mol. The van der Waals surface area contributed by atoms with Crippen molar-refractivity contribution in [2.24, 2.45) is 0 Å². The molecule has 0 radical (unpaired) electrons. The summed E-state index contributed by atoms with van der Waals surface area (Å²) in [7, 11) is 0. The third-order valence-electron chi connectivity index (χ3n) is 2.39. The van der Waals surface area contributed by atoms with Crippen molar-refractivity contribution in [2.45, 2.75) is 19.6 Å². The monoisotopic (exact) mass is 328 g/mol. The summed E-state index contributed by atoms with van der Waals surface area (Å²) in [6.07, 6.45) is 3.13. The van der Waals surface area contributed by atoms with Gasteiger partial charge in [0.05, 0.1) is 18.8 Å². The number of hydrogen-bond donors (Lipinski definition) is 1. The lowest BCUT2D eigenvalue weighted by Gasteiger charge is -2.02. The Kier molecular flexibility index (Phi) is 3.60. The average Bonchev–Trinajstić information content (AvgIpc) is 2.70. The SMILES string of the molecule is CC(O)c1cnn(Cc2ccc(I)cc2)c1. The first-order valence-corrected chi connectivity index (χ1v) is 6.18. The molecule has 4 heteroatoms. The minimum atomic E-state index is -0.453. The summed E-state index contributed by atoms with van der Waals surface area (Å²) in [6, 6.07) is 8.33. The van der Waals surface area contributed by atoms with E-state index in [-0.39, 0.29) is 0 Å². The highest BCUT2D eigenvalue weighted by Gasteiger charge is 2.04. The van der Waals surface area contributed by atoms with Crippen LogP contribution in [0.4, 0.5) is 0 Å². The number of halogens is 1. The maximum atomic E-state index is 9.39. The Balaban J connectivity index is 2.11. The minimum absolute atomic E-state index is 0.453. The smallest absolute Gasteiger partial charge is 0.0792 e. The van der Waals surface area contributed by atoms with Gasteiger partial charge in [0.25, 0.3) is 0 Å². The molecule has 0 aliphatic rings. The van der Waals surface area contributed by atoms with E-state index in [1.54, 1.807) is 13.1 Å². The molecule has 0 bridgehead atoms. The van der Waals surface area contributed by atoms with E-state index in [0.29, 0.717) is 0 Å². The molecule has 0 aliphatic carbocycles. The zero-order chi connectivity index (χ0) is 11.5. The quantitative estimate of drug-likeness (QED) is 0.880. The third-order valence-corrected chi connectivity index (χ3v) is 3.11. The lowest BCUT2D eigenvalue weighted by atomic mass is 10.2. The number of hydrogen-bond acceptors (Lipinski definition) is 2. The van der Waals surface area contributed by atoms with Crippen LogP contribution in [0.2, 0.25) is 0 Å². The van der Waals surface area contributed by atoms with Crippen LogP contribution in [0.25, 0.3) is 0 Å². The van der Waals surface area contributed by atoms with Crippen LogP contribution in [0.15, 0.2) is 36.7 Å². The van der Waals surface area contributed by atoms with E-state index < -0.39 is 6.10 Å². The molecule has 2 aromatic rings. The van der Waals surface area contributed by atoms with E-state index in [9.17, 15) is 5.11 Å². The third kappa shape index (κ3) is 2.82. The van der Waals surface area contributed by atoms with Crippen LogP contribution >= 0.6 is 22.6 Å². The van der Waals surface area contributed by atoms with Crippen molar-refractivity contribution in [3.8, 4) is 0 Å². The fourth-order valence-electron chi connectivity index (χ4n) is 1.46. The van der Waals surface area contributed by atoms with Crippen LogP contribution in [-0.2, 0) is 6.54 Å². The lowest BCUT2D eigenvalue weighted by Crippen LogP contribution is -1.99. The molecule has 1 aromatic heterocycles. The van der Waals surface area contributed by atoms with Gasteiger partial charge in [-0.3, -0.25) is 4.68 Å². The Hall–Kier alpha value is -0.880. The summed E-state index contributed by atoms with van der Waals surface area (Å²) in [5.74, 6) is 0. The molecule has 2 rings (SSSR count). The van der Waals surface area contributed by atoms with Crippen molar-refractivity contribution >= 4 is 22.6 Å². The first kappa shape index (κ1) is 11.6. The first-order chi connectivity index (χ1) is 7.65. The fraction of sp³-hybridized carbons (Fsp3) is 0.250. The normalized spacial score (nSPS) is 12.7.